The molecule has 2 heteroatoms. The minimum Gasteiger partial charge on any atom is -0.302 e. The van der Waals surface area contributed by atoms with Gasteiger partial charge in [0.1, 0.15) is 0 Å². The van der Waals surface area contributed by atoms with Gasteiger partial charge in [-0.25, -0.2) is 0 Å². The number of hydrogen-bond acceptors (Lipinski definition) is 1. The smallest absolute Gasteiger partial charge is 0.0285 e. The lowest BCUT2D eigenvalue weighted by molar-refractivity contribution is 0.0988. The first-order valence-electron chi connectivity index (χ1n) is 5.04. The molecule has 0 aromatic rings. The van der Waals surface area contributed by atoms with Crippen molar-refractivity contribution in [3.8, 4) is 0 Å². The topological polar surface area (TPSA) is 3.24 Å². The molecule has 1 aliphatic carbocycles. The number of likely N-dealkylation sites (tertiary alicyclic amines) is 1. The van der Waals surface area contributed by atoms with Gasteiger partial charge in [-0.1, -0.05) is 29.3 Å². The van der Waals surface area contributed by atoms with Gasteiger partial charge in [0, 0.05) is 17.9 Å². The highest BCUT2D eigenvalue weighted by Gasteiger charge is 2.35. The standard InChI is InChI=1S/C10H18BrN/c1-10(4-2-5-10)8-12-6-3-9(11)7-12/h9H,2-8H2,1H3. The van der Waals surface area contributed by atoms with E-state index in [0.717, 1.165) is 4.83 Å². The number of halogens is 1. The van der Waals surface area contributed by atoms with Crippen LogP contribution in [0.2, 0.25) is 0 Å². The maximum absolute atomic E-state index is 3.68. The molecule has 2 rings (SSSR count). The molecule has 1 nitrogen and oxygen atoms in total. The summed E-state index contributed by atoms with van der Waals surface area (Å²) in [5.74, 6) is 0. The van der Waals surface area contributed by atoms with Crippen LogP contribution in [0, 0.1) is 5.41 Å². The molecule has 0 spiro atoms. The van der Waals surface area contributed by atoms with Gasteiger partial charge in [-0.3, -0.25) is 0 Å². The molecule has 0 bridgehead atoms. The fourth-order valence-electron chi connectivity index (χ4n) is 2.41. The van der Waals surface area contributed by atoms with Crippen LogP contribution in [-0.4, -0.2) is 29.4 Å². The molecule has 0 amide bonds. The van der Waals surface area contributed by atoms with Crippen LogP contribution in [0.4, 0.5) is 0 Å². The van der Waals surface area contributed by atoms with Crippen molar-refractivity contribution < 1.29 is 0 Å². The summed E-state index contributed by atoms with van der Waals surface area (Å²) < 4.78 is 0. The second-order valence-electron chi connectivity index (χ2n) is 4.79. The Morgan fingerprint density at radius 1 is 1.50 bits per heavy atom. The molecule has 12 heavy (non-hydrogen) atoms. The first-order valence-corrected chi connectivity index (χ1v) is 5.96. The largest absolute Gasteiger partial charge is 0.302 e. The van der Waals surface area contributed by atoms with Crippen molar-refractivity contribution >= 4 is 15.9 Å². The van der Waals surface area contributed by atoms with Crippen LogP contribution in [0.3, 0.4) is 0 Å². The van der Waals surface area contributed by atoms with Gasteiger partial charge < -0.3 is 4.90 Å². The molecular formula is C10H18BrN. The van der Waals surface area contributed by atoms with E-state index < -0.39 is 0 Å². The molecule has 1 aliphatic heterocycles. The van der Waals surface area contributed by atoms with E-state index in [1.807, 2.05) is 0 Å². The summed E-state index contributed by atoms with van der Waals surface area (Å²) in [6.07, 6.45) is 5.71. The molecule has 0 aromatic heterocycles. The van der Waals surface area contributed by atoms with Crippen molar-refractivity contribution in [2.45, 2.75) is 37.4 Å². The third-order valence-electron chi connectivity index (χ3n) is 3.38. The Morgan fingerprint density at radius 2 is 2.25 bits per heavy atom. The number of alkyl halides is 1. The van der Waals surface area contributed by atoms with Crippen LogP contribution >= 0.6 is 15.9 Å². The molecule has 2 fully saturated rings. The normalized spacial score (nSPS) is 35.0. The summed E-state index contributed by atoms with van der Waals surface area (Å²) in [5, 5.41) is 0. The van der Waals surface area contributed by atoms with E-state index in [2.05, 4.69) is 27.8 Å². The van der Waals surface area contributed by atoms with E-state index in [0.29, 0.717) is 5.41 Å². The van der Waals surface area contributed by atoms with E-state index >= 15 is 0 Å². The molecule has 0 aromatic carbocycles. The lowest BCUT2D eigenvalue weighted by Crippen LogP contribution is -2.39. The Bertz CT molecular complexity index is 165. The second-order valence-corrected chi connectivity index (χ2v) is 6.08. The van der Waals surface area contributed by atoms with Crippen LogP contribution < -0.4 is 0 Å². The van der Waals surface area contributed by atoms with Crippen molar-refractivity contribution in [1.29, 1.82) is 0 Å². The maximum Gasteiger partial charge on any atom is 0.0285 e. The van der Waals surface area contributed by atoms with Crippen LogP contribution in [0.1, 0.15) is 32.6 Å². The molecule has 1 saturated carbocycles. The lowest BCUT2D eigenvalue weighted by atomic mass is 9.70. The zero-order chi connectivity index (χ0) is 8.60. The van der Waals surface area contributed by atoms with Crippen molar-refractivity contribution in [3.05, 3.63) is 0 Å². The summed E-state index contributed by atoms with van der Waals surface area (Å²) in [5.41, 5.74) is 0.678. The summed E-state index contributed by atoms with van der Waals surface area (Å²) in [7, 11) is 0. The molecule has 0 N–H and O–H groups in total. The third kappa shape index (κ3) is 1.85. The first-order chi connectivity index (χ1) is 5.68. The molecule has 1 unspecified atom stereocenters. The molecule has 1 heterocycles. The summed E-state index contributed by atoms with van der Waals surface area (Å²) in [6, 6.07) is 0. The molecule has 1 atom stereocenters. The van der Waals surface area contributed by atoms with Crippen LogP contribution in [0.15, 0.2) is 0 Å². The summed E-state index contributed by atoms with van der Waals surface area (Å²) >= 11 is 3.68. The first kappa shape index (κ1) is 9.01. The van der Waals surface area contributed by atoms with Gasteiger partial charge in [0.2, 0.25) is 0 Å². The van der Waals surface area contributed by atoms with Gasteiger partial charge in [0.05, 0.1) is 0 Å². The Balaban J connectivity index is 1.79. The van der Waals surface area contributed by atoms with Gasteiger partial charge in [-0.15, -0.1) is 0 Å². The van der Waals surface area contributed by atoms with E-state index in [4.69, 9.17) is 0 Å². The predicted octanol–water partition coefficient (Wildman–Crippen LogP) is 2.65. The molecule has 70 valence electrons. The molecule has 0 radical (unpaired) electrons. The van der Waals surface area contributed by atoms with Crippen molar-refractivity contribution in [1.82, 2.24) is 4.90 Å². The summed E-state index contributed by atoms with van der Waals surface area (Å²) in [4.78, 5) is 3.39. The van der Waals surface area contributed by atoms with E-state index in [1.165, 1.54) is 45.3 Å². The van der Waals surface area contributed by atoms with Gasteiger partial charge in [0.15, 0.2) is 0 Å². The molecule has 1 saturated heterocycles. The van der Waals surface area contributed by atoms with Crippen LogP contribution in [-0.2, 0) is 0 Å². The average Bonchev–Trinajstić information content (AvgIpc) is 2.32. The number of rotatable bonds is 2. The Labute approximate surface area is 83.6 Å². The predicted molar refractivity (Wildman–Crippen MR) is 55.7 cm³/mol. The molecule has 2 aliphatic rings. The number of hydrogen-bond donors (Lipinski definition) is 0. The van der Waals surface area contributed by atoms with E-state index in [1.54, 1.807) is 0 Å². The van der Waals surface area contributed by atoms with Gasteiger partial charge in [-0.05, 0) is 31.2 Å². The Morgan fingerprint density at radius 3 is 2.67 bits per heavy atom. The fraction of sp³-hybridized carbons (Fsp3) is 1.00. The minimum absolute atomic E-state index is 0.678. The van der Waals surface area contributed by atoms with Crippen LogP contribution in [0.25, 0.3) is 0 Å². The third-order valence-corrected chi connectivity index (χ3v) is 4.13. The van der Waals surface area contributed by atoms with E-state index in [9.17, 15) is 0 Å². The number of nitrogens with zero attached hydrogens (tertiary/aromatic N) is 1. The monoisotopic (exact) mass is 231 g/mol. The van der Waals surface area contributed by atoms with Crippen molar-refractivity contribution in [2.24, 2.45) is 5.41 Å². The maximum atomic E-state index is 3.68. The summed E-state index contributed by atoms with van der Waals surface area (Å²) in [6.45, 7) is 6.37. The van der Waals surface area contributed by atoms with E-state index in [-0.39, 0.29) is 0 Å². The van der Waals surface area contributed by atoms with Gasteiger partial charge in [-0.2, -0.15) is 0 Å². The Kier molecular flexibility index (Phi) is 2.48. The fourth-order valence-corrected chi connectivity index (χ4v) is 3.02. The second kappa shape index (κ2) is 3.30. The van der Waals surface area contributed by atoms with Crippen LogP contribution in [0.5, 0.6) is 0 Å². The quantitative estimate of drug-likeness (QED) is 0.661. The van der Waals surface area contributed by atoms with Crippen molar-refractivity contribution in [2.75, 3.05) is 19.6 Å². The Hall–Kier alpha value is 0.440. The zero-order valence-electron chi connectivity index (χ0n) is 7.85. The lowest BCUT2D eigenvalue weighted by Gasteiger charge is -2.41. The SMILES string of the molecule is CC1(CN2CCC(Br)C2)CCC1. The van der Waals surface area contributed by atoms with Gasteiger partial charge >= 0.3 is 0 Å². The highest BCUT2D eigenvalue weighted by atomic mass is 79.9. The highest BCUT2D eigenvalue weighted by molar-refractivity contribution is 9.09. The average molecular weight is 232 g/mol. The highest BCUT2D eigenvalue weighted by Crippen LogP contribution is 2.41. The van der Waals surface area contributed by atoms with Gasteiger partial charge in [0.25, 0.3) is 0 Å². The zero-order valence-corrected chi connectivity index (χ0v) is 9.44. The molecular weight excluding hydrogens is 214 g/mol. The minimum atomic E-state index is 0.678. The van der Waals surface area contributed by atoms with Crippen molar-refractivity contribution in [3.63, 3.8) is 0 Å².